The lowest BCUT2D eigenvalue weighted by Gasteiger charge is -2.14. The lowest BCUT2D eigenvalue weighted by atomic mass is 9.98. The molecule has 0 fully saturated rings. The molecule has 1 radical (unpaired) electrons. The number of hydrogen-bond acceptors (Lipinski definition) is 1. The van der Waals surface area contributed by atoms with Gasteiger partial charge in [-0.2, -0.15) is 10.5 Å². The Kier molecular flexibility index (Phi) is 1.31. The van der Waals surface area contributed by atoms with Crippen LogP contribution in [0.2, 0.25) is 0 Å². The highest BCUT2D eigenvalue weighted by Crippen LogP contribution is 2.16. The molecular formula is C8H9N2. The van der Waals surface area contributed by atoms with Crippen LogP contribution in [0.1, 0.15) is 12.8 Å². The first kappa shape index (κ1) is 5.71. The third kappa shape index (κ3) is 0.856. The van der Waals surface area contributed by atoms with Gasteiger partial charge in [-0.15, -0.1) is 0 Å². The average molecular weight is 133 g/mol. The summed E-state index contributed by atoms with van der Waals surface area (Å²) < 4.78 is 0. The van der Waals surface area contributed by atoms with Crippen LogP contribution < -0.4 is 5.43 Å². The molecule has 51 valence electrons. The van der Waals surface area contributed by atoms with Gasteiger partial charge in [-0.3, -0.25) is 0 Å². The van der Waals surface area contributed by atoms with E-state index in [9.17, 15) is 0 Å². The Morgan fingerprint density at radius 3 is 3.00 bits per heavy atom. The summed E-state index contributed by atoms with van der Waals surface area (Å²) in [5.74, 6) is 0. The molecule has 2 aliphatic rings. The van der Waals surface area contributed by atoms with E-state index in [0.717, 1.165) is 25.1 Å². The van der Waals surface area contributed by atoms with Crippen LogP contribution >= 0.6 is 0 Å². The molecule has 0 atom stereocenters. The molecule has 0 aromatic carbocycles. The number of hydrogen-bond donors (Lipinski definition) is 0. The summed E-state index contributed by atoms with van der Waals surface area (Å²) in [5.41, 5.74) is 6.47. The zero-order valence-electron chi connectivity index (χ0n) is 5.75. The van der Waals surface area contributed by atoms with Gasteiger partial charge < -0.3 is 0 Å². The highest BCUT2D eigenvalue weighted by molar-refractivity contribution is 6.02. The number of allylic oxidation sites excluding steroid dienone is 3. The van der Waals surface area contributed by atoms with Crippen molar-refractivity contribution in [2.45, 2.75) is 12.8 Å². The van der Waals surface area contributed by atoms with Crippen LogP contribution in [-0.4, -0.2) is 12.3 Å². The highest BCUT2D eigenvalue weighted by Gasteiger charge is 2.11. The molecule has 0 amide bonds. The van der Waals surface area contributed by atoms with Crippen LogP contribution in [-0.2, 0) is 0 Å². The van der Waals surface area contributed by atoms with Crippen LogP contribution in [0, 0.1) is 0 Å². The predicted octanol–water partition coefficient (Wildman–Crippen LogP) is 1.24. The molecule has 0 aromatic heterocycles. The van der Waals surface area contributed by atoms with Gasteiger partial charge >= 0.3 is 0 Å². The lowest BCUT2D eigenvalue weighted by Crippen LogP contribution is -2.15. The molecule has 10 heavy (non-hydrogen) atoms. The van der Waals surface area contributed by atoms with Crippen LogP contribution in [0.5, 0.6) is 0 Å². The molecule has 1 aliphatic heterocycles. The van der Waals surface area contributed by atoms with Gasteiger partial charge in [0, 0.05) is 6.42 Å². The maximum absolute atomic E-state index is 4.07. The maximum atomic E-state index is 4.07. The third-order valence-electron chi connectivity index (χ3n) is 1.80. The topological polar surface area (TPSA) is 26.5 Å². The van der Waals surface area contributed by atoms with Crippen molar-refractivity contribution in [3.63, 3.8) is 0 Å². The Morgan fingerprint density at radius 2 is 2.10 bits per heavy atom. The predicted molar refractivity (Wildman–Crippen MR) is 40.9 cm³/mol. The molecule has 1 heterocycles. The second-order valence-corrected chi connectivity index (χ2v) is 2.48. The molecular weight excluding hydrogens is 124 g/mol. The largest absolute Gasteiger partial charge is 0.185 e. The highest BCUT2D eigenvalue weighted by atomic mass is 15.3. The molecule has 0 bridgehead atoms. The quantitative estimate of drug-likeness (QED) is 0.444. The zero-order chi connectivity index (χ0) is 6.81. The van der Waals surface area contributed by atoms with Crippen molar-refractivity contribution in [3.8, 4) is 0 Å². The van der Waals surface area contributed by atoms with Gasteiger partial charge in [0.05, 0.1) is 12.3 Å². The fourth-order valence-electron chi connectivity index (χ4n) is 1.24. The minimum atomic E-state index is 0.771. The second kappa shape index (κ2) is 2.29. The molecule has 2 nitrogen and oxygen atoms in total. The van der Waals surface area contributed by atoms with Crippen molar-refractivity contribution in [2.24, 2.45) is 5.10 Å². The third-order valence-corrected chi connectivity index (χ3v) is 1.80. The van der Waals surface area contributed by atoms with Gasteiger partial charge in [-0.05, 0) is 12.0 Å². The number of fused-ring (bicyclic) bond motifs is 1. The van der Waals surface area contributed by atoms with Gasteiger partial charge in [-0.25, -0.2) is 0 Å². The number of rotatable bonds is 0. The molecule has 0 saturated carbocycles. The van der Waals surface area contributed by atoms with Crippen molar-refractivity contribution in [1.29, 1.82) is 0 Å². The first-order chi connectivity index (χ1) is 4.97. The van der Waals surface area contributed by atoms with E-state index in [1.807, 2.05) is 0 Å². The van der Waals surface area contributed by atoms with E-state index in [4.69, 9.17) is 0 Å². The molecule has 0 N–H and O–H groups in total. The van der Waals surface area contributed by atoms with E-state index in [2.05, 4.69) is 28.8 Å². The van der Waals surface area contributed by atoms with Crippen LogP contribution in [0.25, 0.3) is 0 Å². The van der Waals surface area contributed by atoms with E-state index in [1.165, 1.54) is 5.57 Å². The Labute approximate surface area is 60.3 Å². The van der Waals surface area contributed by atoms with E-state index in [1.54, 1.807) is 0 Å². The van der Waals surface area contributed by atoms with Gasteiger partial charge in [-0.1, -0.05) is 18.2 Å². The van der Waals surface area contributed by atoms with Gasteiger partial charge in [0.2, 0.25) is 0 Å². The summed E-state index contributed by atoms with van der Waals surface area (Å²) in [6, 6.07) is 0. The molecule has 2 heteroatoms. The summed E-state index contributed by atoms with van der Waals surface area (Å²) in [4.78, 5) is 0. The fourth-order valence-corrected chi connectivity index (χ4v) is 1.24. The summed E-state index contributed by atoms with van der Waals surface area (Å²) in [6.45, 7) is 0.771. The standard InChI is InChI=1S/C8H9N2/c1-2-4-8-7(3-1)5-6-9-10-8/h1-2,5H,3-4,6H2. The van der Waals surface area contributed by atoms with Crippen LogP contribution in [0.4, 0.5) is 0 Å². The van der Waals surface area contributed by atoms with Crippen molar-refractivity contribution in [1.82, 2.24) is 5.43 Å². The smallest absolute Gasteiger partial charge is 0.0790 e. The Morgan fingerprint density at radius 1 is 1.20 bits per heavy atom. The monoisotopic (exact) mass is 133 g/mol. The lowest BCUT2D eigenvalue weighted by molar-refractivity contribution is 0.781. The molecule has 0 unspecified atom stereocenters. The van der Waals surface area contributed by atoms with E-state index in [0.29, 0.717) is 0 Å². The summed E-state index contributed by atoms with van der Waals surface area (Å²) in [7, 11) is 0. The molecule has 0 saturated heterocycles. The molecule has 0 spiro atoms. The Bertz CT molecular complexity index is 199. The van der Waals surface area contributed by atoms with Crippen LogP contribution in [0.3, 0.4) is 0 Å². The molecule has 2 rings (SSSR count). The average Bonchev–Trinajstić information content (AvgIpc) is 2.05. The SMILES string of the molecule is C1=CCC2=N[N]CC=C2C1. The van der Waals surface area contributed by atoms with Crippen molar-refractivity contribution < 1.29 is 0 Å². The first-order valence-corrected chi connectivity index (χ1v) is 3.54. The van der Waals surface area contributed by atoms with Gasteiger partial charge in [0.25, 0.3) is 0 Å². The Hall–Kier alpha value is -1.05. The Balaban J connectivity index is 2.30. The zero-order valence-corrected chi connectivity index (χ0v) is 5.75. The second-order valence-electron chi connectivity index (χ2n) is 2.48. The first-order valence-electron chi connectivity index (χ1n) is 3.54. The van der Waals surface area contributed by atoms with Crippen molar-refractivity contribution >= 4 is 5.71 Å². The van der Waals surface area contributed by atoms with Crippen molar-refractivity contribution in [3.05, 3.63) is 23.8 Å². The minimum absolute atomic E-state index is 0.771. The van der Waals surface area contributed by atoms with E-state index >= 15 is 0 Å². The fraction of sp³-hybridized carbons (Fsp3) is 0.375. The van der Waals surface area contributed by atoms with Gasteiger partial charge in [0.1, 0.15) is 0 Å². The summed E-state index contributed by atoms with van der Waals surface area (Å²) in [5, 5.41) is 4.07. The maximum Gasteiger partial charge on any atom is 0.0790 e. The van der Waals surface area contributed by atoms with E-state index < -0.39 is 0 Å². The summed E-state index contributed by atoms with van der Waals surface area (Å²) in [6.07, 6.45) is 8.52. The van der Waals surface area contributed by atoms with Crippen LogP contribution in [0.15, 0.2) is 28.9 Å². The molecule has 0 aromatic rings. The summed E-state index contributed by atoms with van der Waals surface area (Å²) >= 11 is 0. The van der Waals surface area contributed by atoms with Gasteiger partial charge in [0.15, 0.2) is 0 Å². The van der Waals surface area contributed by atoms with E-state index in [-0.39, 0.29) is 0 Å². The molecule has 1 aliphatic carbocycles. The minimum Gasteiger partial charge on any atom is -0.185 e. The normalized spacial score (nSPS) is 22.4. The van der Waals surface area contributed by atoms with Crippen molar-refractivity contribution in [2.75, 3.05) is 6.54 Å². The number of nitrogens with zero attached hydrogens (tertiary/aromatic N) is 2.